The number of thiocarbonyl (C=S) groups is 1. The van der Waals surface area contributed by atoms with E-state index in [-0.39, 0.29) is 10.9 Å². The first-order valence-corrected chi connectivity index (χ1v) is 13.6. The van der Waals surface area contributed by atoms with Crippen molar-refractivity contribution in [2.24, 2.45) is 0 Å². The number of ether oxygens (including phenoxy) is 2. The number of hydrogen-bond donors (Lipinski definition) is 1. The number of carbonyl (C=O) groups is 2. The second-order valence-electron chi connectivity index (χ2n) is 7.52. The summed E-state index contributed by atoms with van der Waals surface area (Å²) in [5, 5.41) is 2.57. The summed E-state index contributed by atoms with van der Waals surface area (Å²) >= 11 is 28.0. The van der Waals surface area contributed by atoms with Crippen LogP contribution in [0.15, 0.2) is 64.0 Å². The van der Waals surface area contributed by atoms with Crippen molar-refractivity contribution in [1.29, 1.82) is 0 Å². The van der Waals surface area contributed by atoms with Crippen LogP contribution < -0.4 is 14.9 Å². The highest BCUT2D eigenvalue weighted by Crippen LogP contribution is 2.39. The number of nitrogens with one attached hydrogen (secondary N) is 1. The van der Waals surface area contributed by atoms with E-state index in [1.54, 1.807) is 60.7 Å². The fourth-order valence-electron chi connectivity index (χ4n) is 3.23. The summed E-state index contributed by atoms with van der Waals surface area (Å²) < 4.78 is 12.3. The first-order chi connectivity index (χ1) is 17.7. The molecule has 3 aromatic rings. The molecule has 0 unspecified atom stereocenters. The van der Waals surface area contributed by atoms with Crippen LogP contribution in [0.4, 0.5) is 0 Å². The average molecular weight is 659 g/mol. The van der Waals surface area contributed by atoms with Gasteiger partial charge in [-0.15, -0.1) is 0 Å². The van der Waals surface area contributed by atoms with Crippen molar-refractivity contribution in [1.82, 2.24) is 10.4 Å². The molecule has 1 saturated heterocycles. The number of benzene rings is 3. The van der Waals surface area contributed by atoms with Gasteiger partial charge in [0.15, 0.2) is 15.8 Å². The molecule has 2 amide bonds. The molecule has 6 nitrogen and oxygen atoms in total. The Bertz CT molecular complexity index is 1430. The van der Waals surface area contributed by atoms with Gasteiger partial charge in [-0.3, -0.25) is 15.0 Å². The Hall–Kier alpha value is -2.27. The van der Waals surface area contributed by atoms with Crippen molar-refractivity contribution < 1.29 is 19.1 Å². The quantitative estimate of drug-likeness (QED) is 0.209. The molecule has 0 aromatic heterocycles. The van der Waals surface area contributed by atoms with Gasteiger partial charge in [0, 0.05) is 26.2 Å². The van der Waals surface area contributed by atoms with Gasteiger partial charge in [-0.1, -0.05) is 52.6 Å². The smallest absolute Gasteiger partial charge is 0.285 e. The lowest BCUT2D eigenvalue weighted by atomic mass is 10.1. The summed E-state index contributed by atoms with van der Waals surface area (Å²) in [6.45, 7) is 0.191. The third-order valence-corrected chi connectivity index (χ3v) is 7.78. The van der Waals surface area contributed by atoms with Crippen LogP contribution in [0.25, 0.3) is 6.08 Å². The predicted molar refractivity (Wildman–Crippen MR) is 155 cm³/mol. The molecular weight excluding hydrogens is 643 g/mol. The molecule has 0 atom stereocenters. The van der Waals surface area contributed by atoms with E-state index in [1.165, 1.54) is 7.11 Å². The molecular formula is C25H16BrCl3N2O4S2. The number of amides is 2. The van der Waals surface area contributed by atoms with Crippen LogP contribution in [0, 0.1) is 0 Å². The standard InChI is InChI=1S/C25H16BrCl3N2O4S2/c1-34-20-9-13(8-18(26)22(20)35-12-15-4-7-17(28)11-19(15)29)10-21-24(33)31(25(36)37-21)30-23(32)14-2-5-16(27)6-3-14/h2-11H,12H2,1H3,(H,30,32)/b21-10-. The van der Waals surface area contributed by atoms with Crippen molar-refractivity contribution in [3.05, 3.63) is 95.7 Å². The summed E-state index contributed by atoms with van der Waals surface area (Å²) in [5.41, 5.74) is 4.29. The van der Waals surface area contributed by atoms with E-state index in [2.05, 4.69) is 21.4 Å². The molecule has 37 heavy (non-hydrogen) atoms. The second kappa shape index (κ2) is 12.1. The van der Waals surface area contributed by atoms with Crippen LogP contribution in [-0.2, 0) is 11.4 Å². The molecule has 1 fully saturated rings. The third kappa shape index (κ3) is 6.60. The first kappa shape index (κ1) is 27.8. The van der Waals surface area contributed by atoms with Crippen LogP contribution in [0.3, 0.4) is 0 Å². The van der Waals surface area contributed by atoms with E-state index < -0.39 is 11.8 Å². The number of hydrazine groups is 1. The lowest BCUT2D eigenvalue weighted by Crippen LogP contribution is -2.44. The van der Waals surface area contributed by atoms with Crippen LogP contribution in [0.5, 0.6) is 11.5 Å². The van der Waals surface area contributed by atoms with Gasteiger partial charge < -0.3 is 9.47 Å². The highest BCUT2D eigenvalue weighted by molar-refractivity contribution is 9.10. The van der Waals surface area contributed by atoms with Crippen LogP contribution in [0.1, 0.15) is 21.5 Å². The lowest BCUT2D eigenvalue weighted by molar-refractivity contribution is -0.123. The maximum absolute atomic E-state index is 13.0. The summed E-state index contributed by atoms with van der Waals surface area (Å²) in [7, 11) is 1.51. The molecule has 12 heteroatoms. The zero-order valence-corrected chi connectivity index (χ0v) is 24.4. The van der Waals surface area contributed by atoms with E-state index in [0.717, 1.165) is 22.3 Å². The van der Waals surface area contributed by atoms with Crippen molar-refractivity contribution in [3.8, 4) is 11.5 Å². The molecule has 0 aliphatic carbocycles. The monoisotopic (exact) mass is 656 g/mol. The van der Waals surface area contributed by atoms with Gasteiger partial charge in [0.25, 0.3) is 11.8 Å². The van der Waals surface area contributed by atoms with Crippen LogP contribution in [-0.4, -0.2) is 28.3 Å². The van der Waals surface area contributed by atoms with Gasteiger partial charge in [-0.2, -0.15) is 5.01 Å². The minimum absolute atomic E-state index is 0.191. The third-order valence-electron chi connectivity index (χ3n) is 5.05. The summed E-state index contributed by atoms with van der Waals surface area (Å²) in [6.07, 6.45) is 1.65. The maximum atomic E-state index is 13.0. The molecule has 1 heterocycles. The summed E-state index contributed by atoms with van der Waals surface area (Å²) in [6, 6.07) is 14.9. The Morgan fingerprint density at radius 3 is 2.49 bits per heavy atom. The zero-order chi connectivity index (χ0) is 26.7. The number of nitrogens with zero attached hydrogens (tertiary/aromatic N) is 1. The Labute approximate surface area is 245 Å². The number of carbonyl (C=O) groups excluding carboxylic acids is 2. The zero-order valence-electron chi connectivity index (χ0n) is 18.9. The molecule has 0 saturated carbocycles. The highest BCUT2D eigenvalue weighted by atomic mass is 79.9. The van der Waals surface area contributed by atoms with Gasteiger partial charge in [0.05, 0.1) is 16.5 Å². The maximum Gasteiger partial charge on any atom is 0.285 e. The second-order valence-corrected chi connectivity index (χ2v) is 11.3. The Morgan fingerprint density at radius 2 is 1.81 bits per heavy atom. The molecule has 4 rings (SSSR count). The molecule has 0 radical (unpaired) electrons. The molecule has 1 aliphatic rings. The molecule has 3 aromatic carbocycles. The average Bonchev–Trinajstić information content (AvgIpc) is 3.11. The minimum Gasteiger partial charge on any atom is -0.493 e. The largest absolute Gasteiger partial charge is 0.493 e. The number of halogens is 4. The van der Waals surface area contributed by atoms with E-state index in [0.29, 0.717) is 47.1 Å². The fourth-order valence-corrected chi connectivity index (χ4v) is 5.58. The molecule has 0 bridgehead atoms. The van der Waals surface area contributed by atoms with Gasteiger partial charge in [0.1, 0.15) is 6.61 Å². The molecule has 1 aliphatic heterocycles. The van der Waals surface area contributed by atoms with Gasteiger partial charge in [0.2, 0.25) is 0 Å². The molecule has 190 valence electrons. The minimum atomic E-state index is -0.485. The van der Waals surface area contributed by atoms with Crippen molar-refractivity contribution in [2.45, 2.75) is 6.61 Å². The van der Waals surface area contributed by atoms with Gasteiger partial charge >= 0.3 is 0 Å². The number of thioether (sulfide) groups is 1. The lowest BCUT2D eigenvalue weighted by Gasteiger charge is -2.15. The van der Waals surface area contributed by atoms with E-state index >= 15 is 0 Å². The van der Waals surface area contributed by atoms with E-state index in [4.69, 9.17) is 56.5 Å². The Kier molecular flexibility index (Phi) is 9.05. The van der Waals surface area contributed by atoms with E-state index in [1.807, 2.05) is 0 Å². The van der Waals surface area contributed by atoms with Crippen molar-refractivity contribution in [2.75, 3.05) is 7.11 Å². The fraction of sp³-hybridized carbons (Fsp3) is 0.0800. The normalized spacial score (nSPS) is 14.3. The number of hydrogen-bond acceptors (Lipinski definition) is 6. The van der Waals surface area contributed by atoms with Gasteiger partial charge in [-0.05, 0) is 88.3 Å². The predicted octanol–water partition coefficient (Wildman–Crippen LogP) is 7.54. The topological polar surface area (TPSA) is 67.9 Å². The Balaban J connectivity index is 1.51. The number of methoxy groups -OCH3 is 1. The van der Waals surface area contributed by atoms with Crippen LogP contribution >= 0.6 is 74.7 Å². The first-order valence-electron chi connectivity index (χ1n) is 10.4. The van der Waals surface area contributed by atoms with Crippen molar-refractivity contribution in [3.63, 3.8) is 0 Å². The summed E-state index contributed by atoms with van der Waals surface area (Å²) in [4.78, 5) is 25.9. The Morgan fingerprint density at radius 1 is 1.11 bits per heavy atom. The van der Waals surface area contributed by atoms with Crippen LogP contribution in [0.2, 0.25) is 15.1 Å². The number of rotatable bonds is 7. The SMILES string of the molecule is COc1cc(/C=C2\SC(=S)N(NC(=O)c3ccc(Cl)cc3)C2=O)cc(Br)c1OCc1ccc(Cl)cc1Cl. The van der Waals surface area contributed by atoms with E-state index in [9.17, 15) is 9.59 Å². The highest BCUT2D eigenvalue weighted by Gasteiger charge is 2.34. The summed E-state index contributed by atoms with van der Waals surface area (Å²) in [5.74, 6) is -0.0308. The van der Waals surface area contributed by atoms with Crippen molar-refractivity contribution >= 4 is 96.9 Å². The molecule has 1 N–H and O–H groups in total. The molecule has 0 spiro atoms. The van der Waals surface area contributed by atoms with Gasteiger partial charge in [-0.25, -0.2) is 0 Å².